The molecule has 0 spiro atoms. The zero-order chi connectivity index (χ0) is 14.8. The number of aryl methyl sites for hydroxylation is 1. The molecule has 0 unspecified atom stereocenters. The van der Waals surface area contributed by atoms with Crippen LogP contribution < -0.4 is 0 Å². The van der Waals surface area contributed by atoms with Crippen LogP contribution in [0.4, 0.5) is 0 Å². The van der Waals surface area contributed by atoms with E-state index in [1.54, 1.807) is 0 Å². The van der Waals surface area contributed by atoms with Crippen molar-refractivity contribution in [2.75, 3.05) is 0 Å². The Morgan fingerprint density at radius 3 is 2.68 bits per heavy atom. The zero-order valence-corrected chi connectivity index (χ0v) is 13.0. The highest BCUT2D eigenvalue weighted by Gasteiger charge is 2.18. The SMILES string of the molecule is C=Cc1ccc2sc3cccc4c5c(C)ccnc5c1c2c34. The van der Waals surface area contributed by atoms with Crippen molar-refractivity contribution >= 4 is 59.3 Å². The van der Waals surface area contributed by atoms with Crippen LogP contribution in [0.25, 0.3) is 47.9 Å². The summed E-state index contributed by atoms with van der Waals surface area (Å²) in [5.41, 5.74) is 3.54. The topological polar surface area (TPSA) is 12.9 Å². The number of pyridine rings is 1. The summed E-state index contributed by atoms with van der Waals surface area (Å²) in [4.78, 5) is 4.74. The molecule has 0 amide bonds. The lowest BCUT2D eigenvalue weighted by Crippen LogP contribution is -1.89. The van der Waals surface area contributed by atoms with Gasteiger partial charge in [-0.2, -0.15) is 0 Å². The van der Waals surface area contributed by atoms with Crippen molar-refractivity contribution in [1.29, 1.82) is 0 Å². The quantitative estimate of drug-likeness (QED) is 0.338. The van der Waals surface area contributed by atoms with Gasteiger partial charge in [-0.1, -0.05) is 30.9 Å². The number of benzene rings is 3. The van der Waals surface area contributed by atoms with Gasteiger partial charge in [-0.05, 0) is 41.6 Å². The van der Waals surface area contributed by atoms with E-state index >= 15 is 0 Å². The van der Waals surface area contributed by atoms with Crippen molar-refractivity contribution in [3.63, 3.8) is 0 Å². The molecule has 2 aromatic heterocycles. The third-order valence-corrected chi connectivity index (χ3v) is 5.70. The van der Waals surface area contributed by atoms with E-state index in [0.29, 0.717) is 0 Å². The van der Waals surface area contributed by atoms with Crippen molar-refractivity contribution in [3.05, 3.63) is 60.3 Å². The molecule has 1 nitrogen and oxygen atoms in total. The predicted molar refractivity (Wildman–Crippen MR) is 98.2 cm³/mol. The maximum Gasteiger partial charge on any atom is 0.0795 e. The molecular formula is C20H13NS. The number of hydrogen-bond donors (Lipinski definition) is 0. The largest absolute Gasteiger partial charge is 0.256 e. The number of hydrogen-bond acceptors (Lipinski definition) is 2. The molecule has 0 saturated carbocycles. The van der Waals surface area contributed by atoms with Gasteiger partial charge >= 0.3 is 0 Å². The van der Waals surface area contributed by atoms with E-state index < -0.39 is 0 Å². The molecule has 5 aromatic rings. The van der Waals surface area contributed by atoms with Crippen LogP contribution in [0, 0.1) is 6.92 Å². The molecule has 0 aliphatic carbocycles. The first-order chi connectivity index (χ1) is 10.8. The highest BCUT2D eigenvalue weighted by molar-refractivity contribution is 7.26. The van der Waals surface area contributed by atoms with Gasteiger partial charge < -0.3 is 0 Å². The Hall–Kier alpha value is -2.45. The molecule has 22 heavy (non-hydrogen) atoms. The molecule has 0 aliphatic heterocycles. The number of rotatable bonds is 1. The van der Waals surface area contributed by atoms with Crippen molar-refractivity contribution in [3.8, 4) is 0 Å². The van der Waals surface area contributed by atoms with Crippen LogP contribution >= 0.6 is 11.3 Å². The summed E-state index contributed by atoms with van der Waals surface area (Å²) < 4.78 is 2.68. The van der Waals surface area contributed by atoms with Gasteiger partial charge in [-0.25, -0.2) is 0 Å². The van der Waals surface area contributed by atoms with E-state index in [-0.39, 0.29) is 0 Å². The second-order valence-corrected chi connectivity index (χ2v) is 6.82. The third-order valence-electron chi connectivity index (χ3n) is 4.58. The minimum Gasteiger partial charge on any atom is -0.256 e. The van der Waals surface area contributed by atoms with Gasteiger partial charge in [0.1, 0.15) is 0 Å². The fraction of sp³-hybridized carbons (Fsp3) is 0.0500. The second kappa shape index (κ2) is 4.05. The van der Waals surface area contributed by atoms with Crippen molar-refractivity contribution in [1.82, 2.24) is 4.98 Å². The molecule has 5 rings (SSSR count). The number of nitrogens with zero attached hydrogens (tertiary/aromatic N) is 1. The summed E-state index contributed by atoms with van der Waals surface area (Å²) in [5.74, 6) is 0. The highest BCUT2D eigenvalue weighted by Crippen LogP contribution is 2.46. The maximum atomic E-state index is 4.74. The minimum absolute atomic E-state index is 1.10. The van der Waals surface area contributed by atoms with E-state index in [9.17, 15) is 0 Å². The Balaban J connectivity index is 2.32. The summed E-state index contributed by atoms with van der Waals surface area (Å²) in [6, 6.07) is 13.1. The lowest BCUT2D eigenvalue weighted by atomic mass is 9.92. The van der Waals surface area contributed by atoms with Gasteiger partial charge in [0.2, 0.25) is 0 Å². The van der Waals surface area contributed by atoms with Crippen LogP contribution in [0.5, 0.6) is 0 Å². The van der Waals surface area contributed by atoms with Gasteiger partial charge in [0, 0.05) is 37.1 Å². The Bertz CT molecular complexity index is 1200. The van der Waals surface area contributed by atoms with E-state index in [2.05, 4.69) is 49.9 Å². The molecule has 2 heteroatoms. The van der Waals surface area contributed by atoms with E-state index in [0.717, 1.165) is 5.52 Å². The standard InChI is InChI=1S/C20H13NS/c1-3-12-7-8-15-19-17(12)20-16(11(2)9-10-21-20)13-5-4-6-14(22-15)18(13)19/h3-10H,1H2,2H3. The average Bonchev–Trinajstić information content (AvgIpc) is 2.92. The maximum absolute atomic E-state index is 4.74. The van der Waals surface area contributed by atoms with Crippen molar-refractivity contribution in [2.45, 2.75) is 6.92 Å². The fourth-order valence-corrected chi connectivity index (χ4v) is 4.79. The average molecular weight is 299 g/mol. The molecule has 0 radical (unpaired) electrons. The van der Waals surface area contributed by atoms with Crippen LogP contribution in [-0.2, 0) is 0 Å². The third kappa shape index (κ3) is 1.31. The first-order valence-corrected chi connectivity index (χ1v) is 8.18. The lowest BCUT2D eigenvalue weighted by molar-refractivity contribution is 1.39. The Morgan fingerprint density at radius 2 is 1.82 bits per heavy atom. The van der Waals surface area contributed by atoms with E-state index in [1.807, 2.05) is 23.6 Å². The van der Waals surface area contributed by atoms with Crippen molar-refractivity contribution in [2.24, 2.45) is 0 Å². The molecule has 0 N–H and O–H groups in total. The first kappa shape index (κ1) is 12.1. The van der Waals surface area contributed by atoms with Crippen LogP contribution in [0.3, 0.4) is 0 Å². The highest BCUT2D eigenvalue weighted by atomic mass is 32.1. The summed E-state index contributed by atoms with van der Waals surface area (Å²) in [6.45, 7) is 6.17. The summed E-state index contributed by atoms with van der Waals surface area (Å²) >= 11 is 1.86. The monoisotopic (exact) mass is 299 g/mol. The van der Waals surface area contributed by atoms with E-state index in [4.69, 9.17) is 4.98 Å². The molecule has 104 valence electrons. The predicted octanol–water partition coefficient (Wildman–Crippen LogP) is 6.15. The van der Waals surface area contributed by atoms with Gasteiger partial charge in [0.15, 0.2) is 0 Å². The van der Waals surface area contributed by atoms with Crippen molar-refractivity contribution < 1.29 is 0 Å². The van der Waals surface area contributed by atoms with E-state index in [1.165, 1.54) is 47.5 Å². The van der Waals surface area contributed by atoms with Crippen LogP contribution in [0.15, 0.2) is 49.2 Å². The number of fused-ring (bicyclic) bond motifs is 3. The lowest BCUT2D eigenvalue weighted by Gasteiger charge is -2.12. The fourth-order valence-electron chi connectivity index (χ4n) is 3.65. The Morgan fingerprint density at radius 1 is 0.955 bits per heavy atom. The molecule has 2 heterocycles. The van der Waals surface area contributed by atoms with Gasteiger partial charge in [0.05, 0.1) is 5.52 Å². The number of aromatic nitrogens is 1. The van der Waals surface area contributed by atoms with Crippen LogP contribution in [0.1, 0.15) is 11.1 Å². The normalized spacial score (nSPS) is 12.0. The molecule has 0 saturated heterocycles. The molecule has 0 fully saturated rings. The zero-order valence-electron chi connectivity index (χ0n) is 12.2. The summed E-state index contributed by atoms with van der Waals surface area (Å²) in [7, 11) is 0. The molecule has 0 aliphatic rings. The van der Waals surface area contributed by atoms with Crippen LogP contribution in [-0.4, -0.2) is 4.98 Å². The van der Waals surface area contributed by atoms with Gasteiger partial charge in [-0.3, -0.25) is 4.98 Å². The number of thiophene rings is 1. The smallest absolute Gasteiger partial charge is 0.0795 e. The summed E-state index contributed by atoms with van der Waals surface area (Å²) in [5, 5.41) is 6.56. The van der Waals surface area contributed by atoms with Crippen LogP contribution in [0.2, 0.25) is 0 Å². The second-order valence-electron chi connectivity index (χ2n) is 5.74. The molecular weight excluding hydrogens is 286 g/mol. The Labute approximate surface area is 131 Å². The molecule has 0 bridgehead atoms. The molecule has 0 atom stereocenters. The first-order valence-electron chi connectivity index (χ1n) is 7.36. The van der Waals surface area contributed by atoms with Gasteiger partial charge in [-0.15, -0.1) is 11.3 Å². The van der Waals surface area contributed by atoms with Gasteiger partial charge in [0.25, 0.3) is 0 Å². The summed E-state index contributed by atoms with van der Waals surface area (Å²) in [6.07, 6.45) is 3.86. The molecule has 3 aromatic carbocycles. The Kier molecular flexibility index (Phi) is 2.23. The minimum atomic E-state index is 1.10.